The van der Waals surface area contributed by atoms with Gasteiger partial charge >= 0.3 is 0 Å². The molecule has 3 heterocycles. The molecule has 1 atom stereocenters. The van der Waals surface area contributed by atoms with Crippen LogP contribution in [0.25, 0.3) is 17.0 Å². The van der Waals surface area contributed by atoms with Crippen molar-refractivity contribution >= 4 is 22.9 Å². The van der Waals surface area contributed by atoms with Crippen LogP contribution in [0, 0.1) is 5.92 Å². The fourth-order valence-corrected chi connectivity index (χ4v) is 3.61. The predicted octanol–water partition coefficient (Wildman–Crippen LogP) is 2.86. The zero-order valence-electron chi connectivity index (χ0n) is 14.1. The van der Waals surface area contributed by atoms with Gasteiger partial charge in [-0.15, -0.1) is 0 Å². The maximum absolute atomic E-state index is 12.6. The highest BCUT2D eigenvalue weighted by atomic mass is 16.7. The molecule has 0 spiro atoms. The summed E-state index contributed by atoms with van der Waals surface area (Å²) in [5.41, 5.74) is 1.95. The van der Waals surface area contributed by atoms with Gasteiger partial charge in [0.05, 0.1) is 18.7 Å². The molecule has 1 amide bonds. The molecule has 0 N–H and O–H groups in total. The van der Waals surface area contributed by atoms with Gasteiger partial charge in [-0.2, -0.15) is 0 Å². The van der Waals surface area contributed by atoms with E-state index < -0.39 is 0 Å². The van der Waals surface area contributed by atoms with E-state index in [1.165, 1.54) is 0 Å². The van der Waals surface area contributed by atoms with Gasteiger partial charge in [0, 0.05) is 36.7 Å². The zero-order valence-corrected chi connectivity index (χ0v) is 14.1. The Labute approximate surface area is 147 Å². The number of hydrogen-bond acceptors (Lipinski definition) is 4. The summed E-state index contributed by atoms with van der Waals surface area (Å²) in [6.45, 7) is 2.81. The first-order valence-electron chi connectivity index (χ1n) is 8.85. The zero-order chi connectivity index (χ0) is 17.1. The lowest BCUT2D eigenvalue weighted by atomic mass is 9.97. The fraction of sp³-hybridized carbons (Fsp3) is 0.400. The Hall–Kier alpha value is -2.24. The quantitative estimate of drug-likeness (QED) is 0.808. The maximum atomic E-state index is 12.6. The Balaban J connectivity index is 1.46. The van der Waals surface area contributed by atoms with E-state index in [1.54, 1.807) is 12.3 Å². The Kier molecular flexibility index (Phi) is 4.76. The third-order valence-corrected chi connectivity index (χ3v) is 4.89. The molecule has 2 aliphatic rings. The molecule has 4 rings (SSSR count). The molecule has 1 aromatic heterocycles. The van der Waals surface area contributed by atoms with E-state index in [9.17, 15) is 4.79 Å². The van der Waals surface area contributed by atoms with Crippen molar-refractivity contribution in [2.75, 3.05) is 26.3 Å². The smallest absolute Gasteiger partial charge is 0.246 e. The number of benzene rings is 1. The number of nitrogens with zero attached hydrogens (tertiary/aromatic N) is 2. The number of ether oxygens (including phenoxy) is 2. The number of carbonyl (C=O) groups excluding carboxylic acids is 1. The highest BCUT2D eigenvalue weighted by molar-refractivity contribution is 5.95. The molecule has 0 unspecified atom stereocenters. The summed E-state index contributed by atoms with van der Waals surface area (Å²) in [6, 6.07) is 9.89. The molecule has 25 heavy (non-hydrogen) atoms. The lowest BCUT2D eigenvalue weighted by Crippen LogP contribution is -2.43. The lowest BCUT2D eigenvalue weighted by Gasteiger charge is -2.34. The summed E-state index contributed by atoms with van der Waals surface area (Å²) in [5.74, 6) is 0.318. The first kappa shape index (κ1) is 16.2. The van der Waals surface area contributed by atoms with Gasteiger partial charge in [0.15, 0.2) is 6.29 Å². The molecule has 2 saturated heterocycles. The van der Waals surface area contributed by atoms with E-state index >= 15 is 0 Å². The third-order valence-electron chi connectivity index (χ3n) is 4.89. The van der Waals surface area contributed by atoms with E-state index in [0.717, 1.165) is 35.9 Å². The van der Waals surface area contributed by atoms with Crippen LogP contribution in [0.3, 0.4) is 0 Å². The van der Waals surface area contributed by atoms with Crippen molar-refractivity contribution in [2.24, 2.45) is 5.92 Å². The summed E-state index contributed by atoms with van der Waals surface area (Å²) in [4.78, 5) is 18.9. The number of pyridine rings is 1. The van der Waals surface area contributed by atoms with E-state index in [-0.39, 0.29) is 18.1 Å². The van der Waals surface area contributed by atoms with Crippen LogP contribution in [0.4, 0.5) is 0 Å². The molecule has 0 aliphatic carbocycles. The Morgan fingerprint density at radius 3 is 2.92 bits per heavy atom. The van der Waals surface area contributed by atoms with Crippen LogP contribution in [0.15, 0.2) is 42.6 Å². The number of likely N-dealkylation sites (tertiary alicyclic amines) is 1. The van der Waals surface area contributed by atoms with E-state index in [1.807, 2.05) is 41.3 Å². The number of rotatable bonds is 3. The van der Waals surface area contributed by atoms with Crippen molar-refractivity contribution in [3.63, 3.8) is 0 Å². The molecular weight excluding hydrogens is 316 g/mol. The van der Waals surface area contributed by atoms with E-state index in [4.69, 9.17) is 9.47 Å². The Bertz CT molecular complexity index is 778. The summed E-state index contributed by atoms with van der Waals surface area (Å²) in [6.07, 6.45) is 7.22. The minimum atomic E-state index is -0.149. The van der Waals surface area contributed by atoms with Crippen molar-refractivity contribution in [2.45, 2.75) is 19.1 Å². The van der Waals surface area contributed by atoms with Gasteiger partial charge in [-0.3, -0.25) is 9.78 Å². The van der Waals surface area contributed by atoms with Gasteiger partial charge in [0.2, 0.25) is 5.91 Å². The van der Waals surface area contributed by atoms with Crippen LogP contribution in [0.1, 0.15) is 18.4 Å². The average Bonchev–Trinajstić information content (AvgIpc) is 3.21. The van der Waals surface area contributed by atoms with Crippen LogP contribution in [0.2, 0.25) is 0 Å². The summed E-state index contributed by atoms with van der Waals surface area (Å²) >= 11 is 0. The summed E-state index contributed by atoms with van der Waals surface area (Å²) in [7, 11) is 0. The average molecular weight is 338 g/mol. The van der Waals surface area contributed by atoms with Crippen LogP contribution in [0.5, 0.6) is 0 Å². The molecule has 2 aromatic rings. The normalized spacial score (nSPS) is 22.1. The highest BCUT2D eigenvalue weighted by Crippen LogP contribution is 2.25. The van der Waals surface area contributed by atoms with Crippen molar-refractivity contribution in [1.29, 1.82) is 0 Å². The number of piperidine rings is 1. The SMILES string of the molecule is O=C(/C=C/c1ccnc2ccccc12)N1CCC[C@@H](C2OCCO2)C1. The topological polar surface area (TPSA) is 51.7 Å². The van der Waals surface area contributed by atoms with Gasteiger partial charge in [0.25, 0.3) is 0 Å². The van der Waals surface area contributed by atoms with Crippen molar-refractivity contribution in [1.82, 2.24) is 9.88 Å². The Morgan fingerprint density at radius 2 is 2.04 bits per heavy atom. The standard InChI is InChI=1S/C20H22N2O3/c23-19(22-11-3-4-16(14-22)20-24-12-13-25-20)8-7-15-9-10-21-18-6-2-1-5-17(15)18/h1-2,5-10,16,20H,3-4,11-14H2/b8-7+/t16-/m1/s1. The van der Waals surface area contributed by atoms with Crippen LogP contribution < -0.4 is 0 Å². The number of fused-ring (bicyclic) bond motifs is 1. The minimum absolute atomic E-state index is 0.0450. The van der Waals surface area contributed by atoms with Crippen LogP contribution in [-0.2, 0) is 14.3 Å². The highest BCUT2D eigenvalue weighted by Gasteiger charge is 2.32. The monoisotopic (exact) mass is 338 g/mol. The number of hydrogen-bond donors (Lipinski definition) is 0. The predicted molar refractivity (Wildman–Crippen MR) is 95.8 cm³/mol. The maximum Gasteiger partial charge on any atom is 0.246 e. The Morgan fingerprint density at radius 1 is 1.20 bits per heavy atom. The molecule has 0 saturated carbocycles. The van der Waals surface area contributed by atoms with Gasteiger partial charge < -0.3 is 14.4 Å². The molecule has 5 heteroatoms. The number of amides is 1. The molecule has 1 aromatic carbocycles. The van der Waals surface area contributed by atoms with E-state index in [0.29, 0.717) is 19.8 Å². The molecule has 130 valence electrons. The van der Waals surface area contributed by atoms with Gasteiger partial charge in [-0.1, -0.05) is 18.2 Å². The van der Waals surface area contributed by atoms with Crippen molar-refractivity contribution < 1.29 is 14.3 Å². The van der Waals surface area contributed by atoms with E-state index in [2.05, 4.69) is 4.98 Å². The molecule has 0 radical (unpaired) electrons. The molecule has 5 nitrogen and oxygen atoms in total. The van der Waals surface area contributed by atoms with Gasteiger partial charge in [0.1, 0.15) is 0 Å². The summed E-state index contributed by atoms with van der Waals surface area (Å²) < 4.78 is 11.2. The first-order valence-corrected chi connectivity index (χ1v) is 8.85. The molecule has 0 bridgehead atoms. The number of para-hydroxylation sites is 1. The second-order valence-corrected chi connectivity index (χ2v) is 6.55. The molecule has 2 fully saturated rings. The van der Waals surface area contributed by atoms with Crippen LogP contribution >= 0.6 is 0 Å². The fourth-order valence-electron chi connectivity index (χ4n) is 3.61. The van der Waals surface area contributed by atoms with Gasteiger partial charge in [-0.05, 0) is 36.6 Å². The second-order valence-electron chi connectivity index (χ2n) is 6.55. The number of carbonyl (C=O) groups is 1. The first-order chi connectivity index (χ1) is 12.3. The van der Waals surface area contributed by atoms with Crippen LogP contribution in [-0.4, -0.2) is 48.4 Å². The number of aromatic nitrogens is 1. The lowest BCUT2D eigenvalue weighted by molar-refractivity contribution is -0.134. The molecular formula is C20H22N2O3. The second kappa shape index (κ2) is 7.33. The largest absolute Gasteiger partial charge is 0.350 e. The summed E-state index contributed by atoms with van der Waals surface area (Å²) in [5, 5.41) is 1.05. The van der Waals surface area contributed by atoms with Crippen molar-refractivity contribution in [3.05, 3.63) is 48.2 Å². The van der Waals surface area contributed by atoms with Crippen molar-refractivity contribution in [3.8, 4) is 0 Å². The molecule has 2 aliphatic heterocycles. The minimum Gasteiger partial charge on any atom is -0.350 e. The third kappa shape index (κ3) is 3.57. The van der Waals surface area contributed by atoms with Gasteiger partial charge in [-0.25, -0.2) is 0 Å².